The molecule has 1 N–H and O–H groups in total. The Morgan fingerprint density at radius 1 is 1.26 bits per heavy atom. The van der Waals surface area contributed by atoms with Crippen LogP contribution in [0.25, 0.3) is 0 Å². The van der Waals surface area contributed by atoms with Crippen LogP contribution in [0.4, 0.5) is 0 Å². The Labute approximate surface area is 113 Å². The van der Waals surface area contributed by atoms with Crippen molar-refractivity contribution in [2.24, 2.45) is 0 Å². The number of para-hydroxylation sites is 1. The number of ether oxygens (including phenoxy) is 1. The summed E-state index contributed by atoms with van der Waals surface area (Å²) >= 11 is 0. The van der Waals surface area contributed by atoms with E-state index in [1.807, 2.05) is 45.2 Å². The topological polar surface area (TPSA) is 47.0 Å². The minimum Gasteiger partial charge on any atom is -0.494 e. The van der Waals surface area contributed by atoms with E-state index in [9.17, 15) is 0 Å². The maximum atomic E-state index is 5.69. The second-order valence-electron chi connectivity index (χ2n) is 4.22. The number of rotatable bonds is 5. The molecule has 0 radical (unpaired) electrons. The number of hydrogen-bond donors (Lipinski definition) is 1. The highest BCUT2D eigenvalue weighted by molar-refractivity contribution is 5.39. The third kappa shape index (κ3) is 3.09. The van der Waals surface area contributed by atoms with Crippen LogP contribution in [0, 0.1) is 6.92 Å². The number of benzene rings is 1. The first kappa shape index (κ1) is 13.5. The van der Waals surface area contributed by atoms with Gasteiger partial charge in [0.25, 0.3) is 0 Å². The average molecular weight is 257 g/mol. The van der Waals surface area contributed by atoms with E-state index in [2.05, 4.69) is 21.4 Å². The molecular weight excluding hydrogens is 238 g/mol. The quantitative estimate of drug-likeness (QED) is 0.894. The third-order valence-corrected chi connectivity index (χ3v) is 2.91. The number of hydrogen-bond acceptors (Lipinski definition) is 4. The molecule has 1 unspecified atom stereocenters. The Bertz CT molecular complexity index is 542. The molecule has 2 rings (SSSR count). The van der Waals surface area contributed by atoms with E-state index >= 15 is 0 Å². The van der Waals surface area contributed by atoms with Gasteiger partial charge in [0.05, 0.1) is 18.3 Å². The molecule has 1 aromatic heterocycles. The zero-order valence-corrected chi connectivity index (χ0v) is 11.6. The van der Waals surface area contributed by atoms with Gasteiger partial charge >= 0.3 is 0 Å². The molecule has 0 amide bonds. The van der Waals surface area contributed by atoms with E-state index in [0.29, 0.717) is 6.61 Å². The molecule has 0 aliphatic carbocycles. The summed E-state index contributed by atoms with van der Waals surface area (Å²) in [5.41, 5.74) is 2.03. The largest absolute Gasteiger partial charge is 0.494 e. The van der Waals surface area contributed by atoms with Crippen LogP contribution in [0.2, 0.25) is 0 Å². The smallest absolute Gasteiger partial charge is 0.125 e. The van der Waals surface area contributed by atoms with Gasteiger partial charge in [-0.3, -0.25) is 0 Å². The van der Waals surface area contributed by atoms with E-state index < -0.39 is 0 Å². The average Bonchev–Trinajstić information content (AvgIpc) is 2.42. The first-order valence-electron chi connectivity index (χ1n) is 6.44. The first-order chi connectivity index (χ1) is 9.26. The van der Waals surface area contributed by atoms with Gasteiger partial charge in [-0.25, -0.2) is 9.97 Å². The number of nitrogens with one attached hydrogen (secondary N) is 1. The van der Waals surface area contributed by atoms with Gasteiger partial charge in [-0.15, -0.1) is 0 Å². The lowest BCUT2D eigenvalue weighted by Crippen LogP contribution is -2.20. The molecule has 0 bridgehead atoms. The molecule has 1 heterocycles. The lowest BCUT2D eigenvalue weighted by molar-refractivity contribution is 0.334. The molecule has 1 aromatic carbocycles. The van der Waals surface area contributed by atoms with Crippen molar-refractivity contribution >= 4 is 0 Å². The molecule has 1 atom stereocenters. The predicted octanol–water partition coefficient (Wildman–Crippen LogP) is 2.49. The highest BCUT2D eigenvalue weighted by atomic mass is 16.5. The molecule has 4 nitrogen and oxygen atoms in total. The van der Waals surface area contributed by atoms with E-state index in [-0.39, 0.29) is 6.04 Å². The SMILES string of the molecule is CCOc1ccccc1C(NC)c1ccnc(C)n1. The standard InChI is InChI=1S/C15H19N3O/c1-4-19-14-8-6-5-7-12(14)15(16-3)13-9-10-17-11(2)18-13/h5-10,15-16H,4H2,1-3H3. The Morgan fingerprint density at radius 3 is 2.74 bits per heavy atom. The van der Waals surface area contributed by atoms with Crippen molar-refractivity contribution in [2.45, 2.75) is 19.9 Å². The molecule has 2 aromatic rings. The fourth-order valence-electron chi connectivity index (χ4n) is 2.10. The monoisotopic (exact) mass is 257 g/mol. The molecule has 100 valence electrons. The van der Waals surface area contributed by atoms with Crippen LogP contribution < -0.4 is 10.1 Å². The molecular formula is C15H19N3O. The summed E-state index contributed by atoms with van der Waals surface area (Å²) in [6.07, 6.45) is 1.78. The highest BCUT2D eigenvalue weighted by Crippen LogP contribution is 2.28. The van der Waals surface area contributed by atoms with Crippen LogP contribution >= 0.6 is 0 Å². The third-order valence-electron chi connectivity index (χ3n) is 2.91. The molecule has 0 saturated carbocycles. The van der Waals surface area contributed by atoms with Gasteiger partial charge in [0.2, 0.25) is 0 Å². The number of aromatic nitrogens is 2. The van der Waals surface area contributed by atoms with Crippen molar-refractivity contribution in [2.75, 3.05) is 13.7 Å². The van der Waals surface area contributed by atoms with E-state index in [4.69, 9.17) is 4.74 Å². The van der Waals surface area contributed by atoms with Gasteiger partial charge in [0.15, 0.2) is 0 Å². The van der Waals surface area contributed by atoms with Crippen molar-refractivity contribution < 1.29 is 4.74 Å². The number of nitrogens with zero attached hydrogens (tertiary/aromatic N) is 2. The number of aryl methyl sites for hydroxylation is 1. The van der Waals surface area contributed by atoms with Crippen molar-refractivity contribution in [3.8, 4) is 5.75 Å². The Balaban J connectivity index is 2.42. The summed E-state index contributed by atoms with van der Waals surface area (Å²) in [6, 6.07) is 9.96. The van der Waals surface area contributed by atoms with E-state index in [1.54, 1.807) is 6.20 Å². The Morgan fingerprint density at radius 2 is 2.05 bits per heavy atom. The van der Waals surface area contributed by atoms with E-state index in [1.165, 1.54) is 0 Å². The predicted molar refractivity (Wildman–Crippen MR) is 75.3 cm³/mol. The maximum absolute atomic E-state index is 5.69. The zero-order chi connectivity index (χ0) is 13.7. The van der Waals surface area contributed by atoms with Crippen molar-refractivity contribution in [3.63, 3.8) is 0 Å². The van der Waals surface area contributed by atoms with Crippen LogP contribution in [0.1, 0.15) is 30.0 Å². The minimum absolute atomic E-state index is 0.00412. The molecule has 0 saturated heterocycles. The molecule has 0 spiro atoms. The maximum Gasteiger partial charge on any atom is 0.125 e. The molecule has 19 heavy (non-hydrogen) atoms. The minimum atomic E-state index is 0.00412. The van der Waals surface area contributed by atoms with Crippen LogP contribution in [0.3, 0.4) is 0 Å². The van der Waals surface area contributed by atoms with Crippen LogP contribution in [0.5, 0.6) is 5.75 Å². The summed E-state index contributed by atoms with van der Waals surface area (Å²) in [6.45, 7) is 4.53. The lowest BCUT2D eigenvalue weighted by atomic mass is 10.0. The van der Waals surface area contributed by atoms with Gasteiger partial charge in [-0.05, 0) is 33.0 Å². The second-order valence-corrected chi connectivity index (χ2v) is 4.22. The summed E-state index contributed by atoms with van der Waals surface area (Å²) in [7, 11) is 1.92. The molecule has 0 aliphatic rings. The van der Waals surface area contributed by atoms with Gasteiger partial charge in [-0.1, -0.05) is 18.2 Å². The molecule has 0 fully saturated rings. The van der Waals surface area contributed by atoms with Crippen LogP contribution in [0.15, 0.2) is 36.5 Å². The van der Waals surface area contributed by atoms with Gasteiger partial charge in [-0.2, -0.15) is 0 Å². The summed E-state index contributed by atoms with van der Waals surface area (Å²) in [4.78, 5) is 8.63. The van der Waals surface area contributed by atoms with Crippen LogP contribution in [-0.4, -0.2) is 23.6 Å². The fraction of sp³-hybridized carbons (Fsp3) is 0.333. The van der Waals surface area contributed by atoms with Gasteiger partial charge < -0.3 is 10.1 Å². The first-order valence-corrected chi connectivity index (χ1v) is 6.44. The lowest BCUT2D eigenvalue weighted by Gasteiger charge is -2.19. The molecule has 0 aliphatic heterocycles. The summed E-state index contributed by atoms with van der Waals surface area (Å²) < 4.78 is 5.69. The van der Waals surface area contributed by atoms with Crippen molar-refractivity contribution in [1.29, 1.82) is 0 Å². The van der Waals surface area contributed by atoms with Crippen LogP contribution in [-0.2, 0) is 0 Å². The highest BCUT2D eigenvalue weighted by Gasteiger charge is 2.17. The second kappa shape index (κ2) is 6.29. The zero-order valence-electron chi connectivity index (χ0n) is 11.6. The van der Waals surface area contributed by atoms with Crippen molar-refractivity contribution in [3.05, 3.63) is 53.6 Å². The summed E-state index contributed by atoms with van der Waals surface area (Å²) in [5, 5.41) is 3.29. The fourth-order valence-corrected chi connectivity index (χ4v) is 2.10. The van der Waals surface area contributed by atoms with E-state index in [0.717, 1.165) is 22.8 Å². The molecule has 4 heteroatoms. The van der Waals surface area contributed by atoms with Gasteiger partial charge in [0.1, 0.15) is 11.6 Å². The van der Waals surface area contributed by atoms with Crippen molar-refractivity contribution in [1.82, 2.24) is 15.3 Å². The Kier molecular flexibility index (Phi) is 4.47. The Hall–Kier alpha value is -1.94. The normalized spacial score (nSPS) is 12.2. The summed E-state index contributed by atoms with van der Waals surface area (Å²) in [5.74, 6) is 1.66. The van der Waals surface area contributed by atoms with Gasteiger partial charge in [0, 0.05) is 11.8 Å².